The van der Waals surface area contributed by atoms with Gasteiger partial charge in [-0.05, 0) is 43.7 Å². The molecule has 0 aliphatic rings. The van der Waals surface area contributed by atoms with Gasteiger partial charge in [0, 0.05) is 0 Å². The average molecular weight is 399 g/mol. The maximum Gasteiger partial charge on any atom is 0.242 e. The second kappa shape index (κ2) is 6.09. The van der Waals surface area contributed by atoms with Crippen LogP contribution in [-0.2, 0) is 14.8 Å². The van der Waals surface area contributed by atoms with Crippen molar-refractivity contribution >= 4 is 55.6 Å². The molecule has 0 aliphatic carbocycles. The number of sulfonamides is 1. The predicted molar refractivity (Wildman–Crippen MR) is 103 cm³/mol. The molecule has 3 rings (SSSR count). The van der Waals surface area contributed by atoms with Crippen molar-refractivity contribution in [2.75, 3.05) is 10.5 Å². The molecule has 0 radical (unpaired) electrons. The number of nitrogens with two attached hydrogens (primary N) is 1. The van der Waals surface area contributed by atoms with Gasteiger partial charge < -0.3 is 10.7 Å². The molecule has 0 unspecified atom stereocenters. The number of halogens is 2. The molecule has 25 heavy (non-hydrogen) atoms. The van der Waals surface area contributed by atoms with E-state index >= 15 is 0 Å². The average Bonchev–Trinajstić information content (AvgIpc) is 2.99. The highest BCUT2D eigenvalue weighted by molar-refractivity contribution is 7.93. The van der Waals surface area contributed by atoms with Crippen LogP contribution in [0, 0.1) is 0 Å². The van der Waals surface area contributed by atoms with E-state index in [0.29, 0.717) is 5.56 Å². The minimum atomic E-state index is -3.81. The van der Waals surface area contributed by atoms with Crippen LogP contribution in [0.5, 0.6) is 0 Å². The van der Waals surface area contributed by atoms with Crippen molar-refractivity contribution < 1.29 is 8.42 Å². The predicted octanol–water partition coefficient (Wildman–Crippen LogP) is 4.13. The van der Waals surface area contributed by atoms with Crippen LogP contribution in [0.3, 0.4) is 0 Å². The summed E-state index contributed by atoms with van der Waals surface area (Å²) in [4.78, 5) is 7.12. The van der Waals surface area contributed by atoms with E-state index in [1.807, 2.05) is 0 Å². The Bertz CT molecular complexity index is 1040. The van der Waals surface area contributed by atoms with Crippen LogP contribution < -0.4 is 10.5 Å². The molecule has 132 valence electrons. The van der Waals surface area contributed by atoms with Crippen molar-refractivity contribution in [3.05, 3.63) is 52.3 Å². The zero-order chi connectivity index (χ0) is 18.4. The number of nitrogens with one attached hydrogen (secondary N) is 2. The third kappa shape index (κ3) is 3.15. The highest BCUT2D eigenvalue weighted by Crippen LogP contribution is 2.35. The van der Waals surface area contributed by atoms with E-state index in [9.17, 15) is 8.42 Å². The number of anilines is 2. The summed E-state index contributed by atoms with van der Waals surface area (Å²) in [6.07, 6.45) is 1.56. The Morgan fingerprint density at radius 3 is 2.44 bits per heavy atom. The Kier molecular flexibility index (Phi) is 4.35. The fourth-order valence-electron chi connectivity index (χ4n) is 2.39. The monoisotopic (exact) mass is 398 g/mol. The smallest absolute Gasteiger partial charge is 0.242 e. The third-order valence-electron chi connectivity index (χ3n) is 4.12. The number of hydrogen-bond acceptors (Lipinski definition) is 4. The molecule has 6 nitrogen and oxygen atoms in total. The van der Waals surface area contributed by atoms with E-state index in [2.05, 4.69) is 14.7 Å². The second-order valence-electron chi connectivity index (χ2n) is 6.10. The summed E-state index contributed by atoms with van der Waals surface area (Å²) in [6.45, 7) is 3.24. The number of nitrogens with zero attached hydrogens (tertiary/aromatic N) is 1. The molecule has 0 amide bonds. The Morgan fingerprint density at radius 2 is 1.80 bits per heavy atom. The molecule has 1 heterocycles. The van der Waals surface area contributed by atoms with Crippen molar-refractivity contribution in [2.45, 2.75) is 18.6 Å². The van der Waals surface area contributed by atoms with Gasteiger partial charge in [0.15, 0.2) is 0 Å². The molecule has 1 aromatic heterocycles. The molecule has 0 saturated heterocycles. The van der Waals surface area contributed by atoms with Crippen LogP contribution in [0.25, 0.3) is 11.0 Å². The lowest BCUT2D eigenvalue weighted by Gasteiger charge is -2.26. The van der Waals surface area contributed by atoms with Gasteiger partial charge in [0.2, 0.25) is 10.0 Å². The van der Waals surface area contributed by atoms with E-state index < -0.39 is 14.8 Å². The molecule has 0 spiro atoms. The SMILES string of the molecule is CC(C)(c1ccc2nc[nH]c2c1)S(=O)(=O)Nc1cc(Cl)c(N)c(Cl)c1. The van der Waals surface area contributed by atoms with Gasteiger partial charge in [-0.2, -0.15) is 0 Å². The van der Waals surface area contributed by atoms with E-state index in [1.165, 1.54) is 12.1 Å². The van der Waals surface area contributed by atoms with Gasteiger partial charge in [-0.3, -0.25) is 4.72 Å². The van der Waals surface area contributed by atoms with Gasteiger partial charge in [0.05, 0.1) is 38.8 Å². The van der Waals surface area contributed by atoms with E-state index in [-0.39, 0.29) is 21.4 Å². The van der Waals surface area contributed by atoms with Crippen molar-refractivity contribution in [1.82, 2.24) is 9.97 Å². The van der Waals surface area contributed by atoms with Gasteiger partial charge in [0.1, 0.15) is 4.75 Å². The lowest BCUT2D eigenvalue weighted by Crippen LogP contribution is -2.34. The fourth-order valence-corrected chi connectivity index (χ4v) is 4.00. The number of rotatable bonds is 4. The summed E-state index contributed by atoms with van der Waals surface area (Å²) in [7, 11) is -3.81. The van der Waals surface area contributed by atoms with Crippen LogP contribution in [0.1, 0.15) is 19.4 Å². The van der Waals surface area contributed by atoms with E-state index in [1.54, 1.807) is 38.4 Å². The normalized spacial score (nSPS) is 12.5. The molecule has 3 aromatic rings. The zero-order valence-corrected chi connectivity index (χ0v) is 15.8. The maximum atomic E-state index is 12.9. The van der Waals surface area contributed by atoms with Crippen LogP contribution >= 0.6 is 23.2 Å². The van der Waals surface area contributed by atoms with Crippen LogP contribution in [0.4, 0.5) is 11.4 Å². The van der Waals surface area contributed by atoms with Crippen molar-refractivity contribution in [3.63, 3.8) is 0 Å². The molecule has 0 saturated carbocycles. The molecule has 9 heteroatoms. The number of nitrogen functional groups attached to an aromatic ring is 1. The van der Waals surface area contributed by atoms with Gasteiger partial charge in [-0.25, -0.2) is 13.4 Å². The lowest BCUT2D eigenvalue weighted by molar-refractivity contribution is 0.561. The molecule has 0 atom stereocenters. The van der Waals surface area contributed by atoms with Crippen molar-refractivity contribution in [1.29, 1.82) is 0 Å². The summed E-state index contributed by atoms with van der Waals surface area (Å²) in [5.41, 5.74) is 8.28. The minimum absolute atomic E-state index is 0.182. The summed E-state index contributed by atoms with van der Waals surface area (Å²) in [6, 6.07) is 8.13. The highest BCUT2D eigenvalue weighted by Gasteiger charge is 2.36. The third-order valence-corrected chi connectivity index (χ3v) is 6.83. The Hall–Kier alpha value is -1.96. The minimum Gasteiger partial charge on any atom is -0.396 e. The zero-order valence-electron chi connectivity index (χ0n) is 13.5. The molecule has 0 bridgehead atoms. The van der Waals surface area contributed by atoms with Gasteiger partial charge in [-0.15, -0.1) is 0 Å². The largest absolute Gasteiger partial charge is 0.396 e. The number of aromatic amines is 1. The molecule has 2 aromatic carbocycles. The number of H-pyrrole nitrogens is 1. The summed E-state index contributed by atoms with van der Waals surface area (Å²) < 4.78 is 27.2. The number of benzene rings is 2. The standard InChI is InChI=1S/C16H16Cl2N4O2S/c1-16(2,9-3-4-13-14(5-9)21-8-20-13)25(23,24)22-10-6-11(17)15(19)12(18)7-10/h3-8,22H,19H2,1-2H3,(H,20,21). The molecular formula is C16H16Cl2N4O2S. The Balaban J connectivity index is 2.00. The number of fused-ring (bicyclic) bond motifs is 1. The van der Waals surface area contributed by atoms with Crippen molar-refractivity contribution in [3.8, 4) is 0 Å². The van der Waals surface area contributed by atoms with Crippen LogP contribution in [0.15, 0.2) is 36.7 Å². The molecule has 0 aliphatic heterocycles. The fraction of sp³-hybridized carbons (Fsp3) is 0.188. The van der Waals surface area contributed by atoms with E-state index in [0.717, 1.165) is 11.0 Å². The number of imidazole rings is 1. The molecular weight excluding hydrogens is 383 g/mol. The lowest BCUT2D eigenvalue weighted by atomic mass is 10.0. The molecule has 4 N–H and O–H groups in total. The second-order valence-corrected chi connectivity index (χ2v) is 9.15. The first-order valence-corrected chi connectivity index (χ1v) is 9.56. The number of hydrogen-bond donors (Lipinski definition) is 3. The quantitative estimate of drug-likeness (QED) is 0.574. The van der Waals surface area contributed by atoms with Gasteiger partial charge >= 0.3 is 0 Å². The van der Waals surface area contributed by atoms with Crippen molar-refractivity contribution in [2.24, 2.45) is 0 Å². The highest BCUT2D eigenvalue weighted by atomic mass is 35.5. The molecule has 0 fully saturated rings. The number of aromatic nitrogens is 2. The Labute approximate surface area is 155 Å². The first-order chi connectivity index (χ1) is 11.6. The topological polar surface area (TPSA) is 101 Å². The summed E-state index contributed by atoms with van der Waals surface area (Å²) >= 11 is 12.0. The summed E-state index contributed by atoms with van der Waals surface area (Å²) in [5.74, 6) is 0. The summed E-state index contributed by atoms with van der Waals surface area (Å²) in [5, 5.41) is 0.365. The van der Waals surface area contributed by atoms with E-state index in [4.69, 9.17) is 28.9 Å². The van der Waals surface area contributed by atoms with Crippen LogP contribution in [-0.4, -0.2) is 18.4 Å². The van der Waals surface area contributed by atoms with Gasteiger partial charge in [0.25, 0.3) is 0 Å². The maximum absolute atomic E-state index is 12.9. The Morgan fingerprint density at radius 1 is 1.16 bits per heavy atom. The first kappa shape index (κ1) is 17.8. The van der Waals surface area contributed by atoms with Crippen LogP contribution in [0.2, 0.25) is 10.0 Å². The first-order valence-electron chi connectivity index (χ1n) is 7.32. The van der Waals surface area contributed by atoms with Gasteiger partial charge in [-0.1, -0.05) is 29.3 Å².